The van der Waals surface area contributed by atoms with Crippen LogP contribution in [0.2, 0.25) is 0 Å². The second-order valence-electron chi connectivity index (χ2n) is 4.76. The van der Waals surface area contributed by atoms with Crippen molar-refractivity contribution in [3.8, 4) is 5.75 Å². The number of ether oxygens (including phenoxy) is 2. The van der Waals surface area contributed by atoms with E-state index >= 15 is 0 Å². The van der Waals surface area contributed by atoms with Crippen molar-refractivity contribution in [3.05, 3.63) is 34.4 Å². The molecule has 1 fully saturated rings. The van der Waals surface area contributed by atoms with Crippen molar-refractivity contribution < 1.29 is 14.4 Å². The monoisotopic (exact) mass is 329 g/mol. The first-order chi connectivity index (χ1) is 9.17. The largest absolute Gasteiger partial charge is 0.486 e. The lowest BCUT2D eigenvalue weighted by molar-refractivity contribution is -0.386. The lowest BCUT2D eigenvalue weighted by Gasteiger charge is -2.35. The Morgan fingerprint density at radius 3 is 2.68 bits per heavy atom. The number of hydrogen-bond donors (Lipinski definition) is 0. The maximum atomic E-state index is 10.9. The Labute approximate surface area is 120 Å². The Kier molecular flexibility index (Phi) is 4.76. The highest BCUT2D eigenvalue weighted by Crippen LogP contribution is 2.35. The van der Waals surface area contributed by atoms with E-state index < -0.39 is 4.92 Å². The molecule has 1 aliphatic heterocycles. The molecule has 5 nitrogen and oxygen atoms in total. The zero-order chi connectivity index (χ0) is 13.7. The number of nitro benzene ring substituents is 1. The first kappa shape index (κ1) is 14.3. The highest BCUT2D eigenvalue weighted by atomic mass is 79.9. The van der Waals surface area contributed by atoms with Gasteiger partial charge in [-0.25, -0.2) is 0 Å². The number of rotatable bonds is 5. The van der Waals surface area contributed by atoms with Gasteiger partial charge in [-0.15, -0.1) is 0 Å². The molecule has 19 heavy (non-hydrogen) atoms. The lowest BCUT2D eigenvalue weighted by Crippen LogP contribution is -2.36. The van der Waals surface area contributed by atoms with Crippen LogP contribution in [0.3, 0.4) is 0 Å². The predicted molar refractivity (Wildman–Crippen MR) is 74.9 cm³/mol. The summed E-state index contributed by atoms with van der Waals surface area (Å²) in [5, 5.41) is 11.7. The molecule has 0 bridgehead atoms. The van der Waals surface area contributed by atoms with Crippen LogP contribution in [0, 0.1) is 15.5 Å². The number of para-hydroxylation sites is 2. The third-order valence-corrected chi connectivity index (χ3v) is 4.62. The van der Waals surface area contributed by atoms with E-state index in [1.165, 1.54) is 6.07 Å². The lowest BCUT2D eigenvalue weighted by atomic mass is 9.83. The van der Waals surface area contributed by atoms with Gasteiger partial charge in [0.15, 0.2) is 5.75 Å². The molecule has 2 rings (SSSR count). The summed E-state index contributed by atoms with van der Waals surface area (Å²) in [7, 11) is 0. The summed E-state index contributed by atoms with van der Waals surface area (Å²) in [6.45, 7) is 1.89. The number of hydrogen-bond acceptors (Lipinski definition) is 4. The molecule has 1 saturated heterocycles. The molecule has 1 aliphatic rings. The maximum Gasteiger partial charge on any atom is 0.310 e. The Morgan fingerprint density at radius 1 is 1.37 bits per heavy atom. The molecule has 0 spiro atoms. The quantitative estimate of drug-likeness (QED) is 0.473. The van der Waals surface area contributed by atoms with E-state index in [1.807, 2.05) is 0 Å². The molecule has 104 valence electrons. The zero-order valence-corrected chi connectivity index (χ0v) is 12.1. The van der Waals surface area contributed by atoms with E-state index in [1.54, 1.807) is 18.2 Å². The fourth-order valence-electron chi connectivity index (χ4n) is 2.08. The van der Waals surface area contributed by atoms with Crippen molar-refractivity contribution in [1.82, 2.24) is 0 Å². The van der Waals surface area contributed by atoms with Crippen LogP contribution in [-0.2, 0) is 4.74 Å². The molecule has 0 unspecified atom stereocenters. The van der Waals surface area contributed by atoms with Crippen LogP contribution in [0.15, 0.2) is 24.3 Å². The van der Waals surface area contributed by atoms with Crippen LogP contribution in [-0.4, -0.2) is 30.1 Å². The topological polar surface area (TPSA) is 61.6 Å². The Morgan fingerprint density at radius 2 is 2.05 bits per heavy atom. The van der Waals surface area contributed by atoms with Gasteiger partial charge < -0.3 is 9.47 Å². The van der Waals surface area contributed by atoms with E-state index in [2.05, 4.69) is 15.9 Å². The van der Waals surface area contributed by atoms with Gasteiger partial charge in [0.2, 0.25) is 0 Å². The number of halogens is 1. The molecule has 6 heteroatoms. The van der Waals surface area contributed by atoms with Gasteiger partial charge in [-0.1, -0.05) is 28.1 Å². The van der Waals surface area contributed by atoms with Gasteiger partial charge >= 0.3 is 5.69 Å². The molecule has 0 N–H and O–H groups in total. The minimum atomic E-state index is -0.417. The van der Waals surface area contributed by atoms with Gasteiger partial charge in [0.25, 0.3) is 0 Å². The Bertz CT molecular complexity index is 446. The fraction of sp³-hybridized carbons (Fsp3) is 0.538. The molecule has 0 radical (unpaired) electrons. The third kappa shape index (κ3) is 3.45. The number of nitro groups is 1. The summed E-state index contributed by atoms with van der Waals surface area (Å²) in [6.07, 6.45) is 1.80. The van der Waals surface area contributed by atoms with E-state index in [0.29, 0.717) is 25.6 Å². The highest BCUT2D eigenvalue weighted by Gasteiger charge is 2.33. The molecule has 1 heterocycles. The van der Waals surface area contributed by atoms with Gasteiger partial charge in [0.1, 0.15) is 0 Å². The SMILES string of the molecule is O=[N+]([O-])c1ccccc1OCC1(CBr)CCOCC1. The van der Waals surface area contributed by atoms with Crippen molar-refractivity contribution in [3.63, 3.8) is 0 Å². The average Bonchev–Trinajstić information content (AvgIpc) is 2.46. The van der Waals surface area contributed by atoms with Crippen LogP contribution in [0.4, 0.5) is 5.69 Å². The highest BCUT2D eigenvalue weighted by molar-refractivity contribution is 9.09. The fourth-order valence-corrected chi connectivity index (χ4v) is 2.80. The zero-order valence-electron chi connectivity index (χ0n) is 10.5. The molecule has 0 aliphatic carbocycles. The van der Waals surface area contributed by atoms with Crippen molar-refractivity contribution in [2.75, 3.05) is 25.2 Å². The summed E-state index contributed by atoms with van der Waals surface area (Å²) in [6, 6.07) is 6.48. The van der Waals surface area contributed by atoms with E-state index in [9.17, 15) is 10.1 Å². The summed E-state index contributed by atoms with van der Waals surface area (Å²) in [4.78, 5) is 10.5. The minimum Gasteiger partial charge on any atom is -0.486 e. The van der Waals surface area contributed by atoms with E-state index in [-0.39, 0.29) is 11.1 Å². The molecule has 1 aromatic carbocycles. The van der Waals surface area contributed by atoms with Gasteiger partial charge in [-0.3, -0.25) is 10.1 Å². The molecular formula is C13H16BrNO4. The van der Waals surface area contributed by atoms with Gasteiger partial charge in [0, 0.05) is 30.0 Å². The first-order valence-electron chi connectivity index (χ1n) is 6.17. The number of benzene rings is 1. The van der Waals surface area contributed by atoms with Gasteiger partial charge in [-0.05, 0) is 18.9 Å². The Balaban J connectivity index is 2.07. The first-order valence-corrected chi connectivity index (χ1v) is 7.29. The normalized spacial score (nSPS) is 17.9. The average molecular weight is 330 g/mol. The van der Waals surface area contributed by atoms with E-state index in [4.69, 9.17) is 9.47 Å². The third-order valence-electron chi connectivity index (χ3n) is 3.43. The van der Waals surface area contributed by atoms with Crippen LogP contribution in [0.1, 0.15) is 12.8 Å². The van der Waals surface area contributed by atoms with Crippen molar-refractivity contribution in [1.29, 1.82) is 0 Å². The molecule has 0 amide bonds. The summed E-state index contributed by atoms with van der Waals surface area (Å²) in [5.74, 6) is 0.333. The standard InChI is InChI=1S/C13H16BrNO4/c14-9-13(5-7-18-8-6-13)10-19-12-4-2-1-3-11(12)15(16)17/h1-4H,5-10H2. The van der Waals surface area contributed by atoms with Crippen LogP contribution < -0.4 is 4.74 Å². The maximum absolute atomic E-state index is 10.9. The molecule has 0 atom stereocenters. The minimum absolute atomic E-state index is 0.00194. The van der Waals surface area contributed by atoms with Gasteiger partial charge in [-0.2, -0.15) is 0 Å². The second-order valence-corrected chi connectivity index (χ2v) is 5.32. The van der Waals surface area contributed by atoms with Gasteiger partial charge in [0.05, 0.1) is 11.5 Å². The summed E-state index contributed by atoms with van der Waals surface area (Å²) in [5.41, 5.74) is 0.0152. The predicted octanol–water partition coefficient (Wildman–Crippen LogP) is 3.17. The molecular weight excluding hydrogens is 314 g/mol. The number of nitrogens with zero attached hydrogens (tertiary/aromatic N) is 1. The van der Waals surface area contributed by atoms with Crippen molar-refractivity contribution in [2.24, 2.45) is 5.41 Å². The molecule has 0 saturated carbocycles. The molecule has 0 aromatic heterocycles. The summed E-state index contributed by atoms with van der Waals surface area (Å²) < 4.78 is 11.1. The van der Waals surface area contributed by atoms with Crippen molar-refractivity contribution in [2.45, 2.75) is 12.8 Å². The number of alkyl halides is 1. The summed E-state index contributed by atoms with van der Waals surface area (Å²) >= 11 is 3.52. The van der Waals surface area contributed by atoms with Crippen LogP contribution in [0.5, 0.6) is 5.75 Å². The van der Waals surface area contributed by atoms with Crippen LogP contribution in [0.25, 0.3) is 0 Å². The van der Waals surface area contributed by atoms with E-state index in [0.717, 1.165) is 18.2 Å². The molecule has 1 aromatic rings. The van der Waals surface area contributed by atoms with Crippen LogP contribution >= 0.6 is 15.9 Å². The van der Waals surface area contributed by atoms with Crippen molar-refractivity contribution >= 4 is 21.6 Å². The smallest absolute Gasteiger partial charge is 0.310 e. The second kappa shape index (κ2) is 6.34. The Hall–Kier alpha value is -1.14.